The lowest BCUT2D eigenvalue weighted by Gasteiger charge is -2.32. The van der Waals surface area contributed by atoms with Crippen molar-refractivity contribution in [2.75, 3.05) is 13.7 Å². The molecule has 1 amide bonds. The number of fused-ring (bicyclic) bond motifs is 1. The fourth-order valence-electron chi connectivity index (χ4n) is 4.97. The lowest BCUT2D eigenvalue weighted by molar-refractivity contribution is -0.143. The molecule has 0 unspecified atom stereocenters. The highest BCUT2D eigenvalue weighted by Gasteiger charge is 2.48. The number of hydrogen-bond acceptors (Lipinski definition) is 4. The molecule has 0 aliphatic carbocycles. The van der Waals surface area contributed by atoms with Gasteiger partial charge >= 0.3 is 18.3 Å². The first-order valence-corrected chi connectivity index (χ1v) is 11.5. The standard InChI is InChI=1S/C26H22F7NO4/c1-13(15-7-17(25(28,29)30)11-18(8-15)26(31,32)33)38-21-12-34-20(9-16(10-22(34)35)24(36)37-2)23(21)14-3-5-19(27)6-4-14/h3-8,10-11,13,20-21,23H,9,12H2,1-2H3/t13-,20+,21+,23+/m1/s1. The number of amides is 1. The summed E-state index contributed by atoms with van der Waals surface area (Å²) in [5.74, 6) is -2.43. The summed E-state index contributed by atoms with van der Waals surface area (Å²) < 4.78 is 105. The second-order valence-electron chi connectivity index (χ2n) is 9.16. The van der Waals surface area contributed by atoms with Gasteiger partial charge in [0.25, 0.3) is 0 Å². The Hall–Kier alpha value is -3.41. The summed E-state index contributed by atoms with van der Waals surface area (Å²) in [5, 5.41) is 0. The fourth-order valence-corrected chi connectivity index (χ4v) is 4.97. The molecule has 4 rings (SSSR count). The minimum atomic E-state index is -5.03. The van der Waals surface area contributed by atoms with Gasteiger partial charge in [-0.05, 0) is 48.4 Å². The van der Waals surface area contributed by atoms with Crippen molar-refractivity contribution in [3.63, 3.8) is 0 Å². The van der Waals surface area contributed by atoms with Crippen molar-refractivity contribution in [3.8, 4) is 0 Å². The van der Waals surface area contributed by atoms with E-state index in [0.29, 0.717) is 17.7 Å². The molecule has 0 aromatic heterocycles. The van der Waals surface area contributed by atoms with Crippen LogP contribution in [0, 0.1) is 5.82 Å². The molecule has 2 heterocycles. The number of halogens is 7. The van der Waals surface area contributed by atoms with E-state index in [1.807, 2.05) is 0 Å². The Morgan fingerprint density at radius 2 is 1.58 bits per heavy atom. The van der Waals surface area contributed by atoms with Gasteiger partial charge in [-0.3, -0.25) is 4.79 Å². The van der Waals surface area contributed by atoms with Crippen molar-refractivity contribution in [2.45, 2.75) is 49.9 Å². The van der Waals surface area contributed by atoms with Crippen LogP contribution in [0.3, 0.4) is 0 Å². The van der Waals surface area contributed by atoms with E-state index in [-0.39, 0.29) is 30.2 Å². The molecule has 2 aliphatic rings. The van der Waals surface area contributed by atoms with E-state index in [1.165, 1.54) is 36.1 Å². The number of hydrogen-bond donors (Lipinski definition) is 0. The van der Waals surface area contributed by atoms with Gasteiger partial charge in [0, 0.05) is 36.6 Å². The first-order chi connectivity index (χ1) is 17.7. The van der Waals surface area contributed by atoms with Gasteiger partial charge in [0.2, 0.25) is 5.91 Å². The highest BCUT2D eigenvalue weighted by atomic mass is 19.4. The molecule has 0 bridgehead atoms. The average molecular weight is 545 g/mol. The van der Waals surface area contributed by atoms with Crippen molar-refractivity contribution in [1.29, 1.82) is 0 Å². The van der Waals surface area contributed by atoms with E-state index in [9.17, 15) is 40.3 Å². The summed E-state index contributed by atoms with van der Waals surface area (Å²) in [4.78, 5) is 26.4. The summed E-state index contributed by atoms with van der Waals surface area (Å²) in [7, 11) is 1.16. The average Bonchev–Trinajstić information content (AvgIpc) is 3.21. The van der Waals surface area contributed by atoms with Crippen molar-refractivity contribution < 1.29 is 49.8 Å². The highest BCUT2D eigenvalue weighted by molar-refractivity contribution is 6.00. The van der Waals surface area contributed by atoms with Crippen molar-refractivity contribution >= 4 is 11.9 Å². The Morgan fingerprint density at radius 3 is 2.11 bits per heavy atom. The molecule has 204 valence electrons. The lowest BCUT2D eigenvalue weighted by Crippen LogP contribution is -2.41. The second-order valence-corrected chi connectivity index (χ2v) is 9.16. The number of methoxy groups -OCH3 is 1. The van der Waals surface area contributed by atoms with E-state index < -0.39 is 65.3 Å². The smallest absolute Gasteiger partial charge is 0.416 e. The van der Waals surface area contributed by atoms with Gasteiger partial charge in [-0.1, -0.05) is 12.1 Å². The third-order valence-corrected chi connectivity index (χ3v) is 6.76. The topological polar surface area (TPSA) is 55.8 Å². The molecule has 12 heteroatoms. The predicted molar refractivity (Wildman–Crippen MR) is 119 cm³/mol. The molecule has 1 saturated heterocycles. The first kappa shape index (κ1) is 27.6. The summed E-state index contributed by atoms with van der Waals surface area (Å²) in [6.07, 6.45) is -11.0. The van der Waals surface area contributed by atoms with Crippen LogP contribution in [-0.4, -0.2) is 42.6 Å². The minimum Gasteiger partial charge on any atom is -0.466 e. The van der Waals surface area contributed by atoms with Crippen LogP contribution in [0.2, 0.25) is 0 Å². The van der Waals surface area contributed by atoms with Crippen LogP contribution in [0.5, 0.6) is 0 Å². The van der Waals surface area contributed by atoms with Crippen LogP contribution < -0.4 is 0 Å². The van der Waals surface area contributed by atoms with Crippen molar-refractivity contribution in [1.82, 2.24) is 4.90 Å². The van der Waals surface area contributed by atoms with E-state index in [4.69, 9.17) is 9.47 Å². The van der Waals surface area contributed by atoms with Gasteiger partial charge in [0.1, 0.15) is 5.82 Å². The molecule has 0 radical (unpaired) electrons. The SMILES string of the molecule is COC(=O)C1=CC(=O)N2C[C@H](O[C@H](C)c3cc(C(F)(F)F)cc(C(F)(F)F)c3)[C@@H](c3ccc(F)cc3)[C@@H]2C1. The Morgan fingerprint density at radius 1 is 1.00 bits per heavy atom. The number of esters is 1. The Labute approximate surface area is 212 Å². The highest BCUT2D eigenvalue weighted by Crippen LogP contribution is 2.44. The van der Waals surface area contributed by atoms with Crippen LogP contribution in [-0.2, 0) is 31.4 Å². The molecule has 38 heavy (non-hydrogen) atoms. The summed E-state index contributed by atoms with van der Waals surface area (Å²) in [5.41, 5.74) is -2.67. The third kappa shape index (κ3) is 5.54. The van der Waals surface area contributed by atoms with E-state index in [0.717, 1.165) is 13.2 Å². The van der Waals surface area contributed by atoms with Crippen LogP contribution >= 0.6 is 0 Å². The molecule has 0 saturated carbocycles. The van der Waals surface area contributed by atoms with Gasteiger partial charge < -0.3 is 14.4 Å². The minimum absolute atomic E-state index is 0.0338. The third-order valence-electron chi connectivity index (χ3n) is 6.76. The van der Waals surface area contributed by atoms with E-state index >= 15 is 0 Å². The first-order valence-electron chi connectivity index (χ1n) is 11.5. The van der Waals surface area contributed by atoms with Crippen molar-refractivity contribution in [3.05, 3.63) is 82.2 Å². The zero-order valence-corrected chi connectivity index (χ0v) is 20.1. The molecule has 2 aromatic carbocycles. The molecule has 0 spiro atoms. The van der Waals surface area contributed by atoms with Gasteiger partial charge in [-0.15, -0.1) is 0 Å². The lowest BCUT2D eigenvalue weighted by atomic mass is 9.85. The molecule has 2 aromatic rings. The maximum atomic E-state index is 13.6. The number of ether oxygens (including phenoxy) is 2. The zero-order valence-electron chi connectivity index (χ0n) is 20.1. The van der Waals surface area contributed by atoms with Gasteiger partial charge in [0.15, 0.2) is 0 Å². The van der Waals surface area contributed by atoms with Crippen LogP contribution in [0.4, 0.5) is 30.7 Å². The van der Waals surface area contributed by atoms with E-state index in [2.05, 4.69) is 0 Å². The maximum Gasteiger partial charge on any atom is 0.416 e. The Kier molecular flexibility index (Phi) is 7.30. The largest absolute Gasteiger partial charge is 0.466 e. The summed E-state index contributed by atoms with van der Waals surface area (Å²) in [6, 6.07) is 5.86. The quantitative estimate of drug-likeness (QED) is 0.352. The number of carbonyl (C=O) groups is 2. The normalized spacial score (nSPS) is 22.7. The number of nitrogens with zero attached hydrogens (tertiary/aromatic N) is 1. The van der Waals surface area contributed by atoms with E-state index in [1.54, 1.807) is 0 Å². The maximum absolute atomic E-state index is 13.6. The number of carbonyl (C=O) groups excluding carboxylic acids is 2. The van der Waals surface area contributed by atoms with Gasteiger partial charge in [0.05, 0.1) is 30.4 Å². The summed E-state index contributed by atoms with van der Waals surface area (Å²) in [6.45, 7) is 1.26. The van der Waals surface area contributed by atoms with Gasteiger partial charge in [-0.2, -0.15) is 26.3 Å². The number of benzene rings is 2. The second kappa shape index (κ2) is 10.0. The monoisotopic (exact) mass is 545 g/mol. The predicted octanol–water partition coefficient (Wildman–Crippen LogP) is 5.81. The number of rotatable bonds is 5. The zero-order chi connectivity index (χ0) is 28.0. The van der Waals surface area contributed by atoms with Crippen molar-refractivity contribution in [2.24, 2.45) is 0 Å². The number of alkyl halides is 6. The Bertz CT molecular complexity index is 1220. The fraction of sp³-hybridized carbons (Fsp3) is 0.385. The molecule has 2 aliphatic heterocycles. The molecule has 0 N–H and O–H groups in total. The molecule has 4 atom stereocenters. The molecular formula is C26H22F7NO4. The van der Waals surface area contributed by atoms with Crippen LogP contribution in [0.25, 0.3) is 0 Å². The molecule has 5 nitrogen and oxygen atoms in total. The molecular weight excluding hydrogens is 523 g/mol. The van der Waals surface area contributed by atoms with Crippen LogP contribution in [0.15, 0.2) is 54.1 Å². The van der Waals surface area contributed by atoms with Gasteiger partial charge in [-0.25, -0.2) is 9.18 Å². The Balaban J connectivity index is 1.70. The van der Waals surface area contributed by atoms with Crippen LogP contribution in [0.1, 0.15) is 47.6 Å². The summed E-state index contributed by atoms with van der Waals surface area (Å²) >= 11 is 0. The molecule has 1 fully saturated rings.